The average Bonchev–Trinajstić information content (AvgIpc) is 2.56. The van der Waals surface area contributed by atoms with Gasteiger partial charge in [0, 0.05) is 17.5 Å². The first-order chi connectivity index (χ1) is 6.81. The zero-order chi connectivity index (χ0) is 9.97. The number of thioether (sulfide) groups is 1. The van der Waals surface area contributed by atoms with E-state index in [1.54, 1.807) is 18.0 Å². The van der Waals surface area contributed by atoms with E-state index in [1.807, 2.05) is 6.08 Å². The molecule has 0 unspecified atom stereocenters. The highest BCUT2D eigenvalue weighted by Gasteiger charge is 2.16. The van der Waals surface area contributed by atoms with Gasteiger partial charge in [-0.15, -0.1) is 11.8 Å². The lowest BCUT2D eigenvalue weighted by molar-refractivity contribution is -0.136. The largest absolute Gasteiger partial charge is 0.464 e. The smallest absolute Gasteiger partial charge is 0.358 e. The zero-order valence-corrected chi connectivity index (χ0v) is 8.37. The van der Waals surface area contributed by atoms with Crippen LogP contribution >= 0.6 is 11.8 Å². The average molecular weight is 208 g/mol. The highest BCUT2D eigenvalue weighted by atomic mass is 32.2. The molecule has 2 heterocycles. The van der Waals surface area contributed by atoms with Gasteiger partial charge in [-0.2, -0.15) is 0 Å². The highest BCUT2D eigenvalue weighted by Crippen LogP contribution is 2.22. The molecule has 0 spiro atoms. The molecule has 2 aliphatic rings. The molecule has 2 aliphatic heterocycles. The van der Waals surface area contributed by atoms with Gasteiger partial charge in [0.1, 0.15) is 5.04 Å². The van der Waals surface area contributed by atoms with Crippen LogP contribution in [-0.4, -0.2) is 30.1 Å². The Labute approximate surface area is 85.5 Å². The van der Waals surface area contributed by atoms with Gasteiger partial charge >= 0.3 is 5.97 Å². The number of hydrogen-bond donors (Lipinski definition) is 0. The summed E-state index contributed by atoms with van der Waals surface area (Å²) in [5.74, 6) is 0.456. The van der Waals surface area contributed by atoms with E-state index in [0.29, 0.717) is 0 Å². The number of ether oxygens (including phenoxy) is 1. The Morgan fingerprint density at radius 3 is 3.29 bits per heavy atom. The summed E-state index contributed by atoms with van der Waals surface area (Å²) in [5.41, 5.74) is 1.21. The summed E-state index contributed by atoms with van der Waals surface area (Å²) >= 11 is 1.63. The van der Waals surface area contributed by atoms with Gasteiger partial charge in [0.25, 0.3) is 0 Å². The Morgan fingerprint density at radius 2 is 2.50 bits per heavy atom. The molecule has 0 fully saturated rings. The molecule has 0 aliphatic carbocycles. The molecule has 2 rings (SSSR count). The van der Waals surface area contributed by atoms with Crippen molar-refractivity contribution in [2.45, 2.75) is 0 Å². The number of methoxy groups -OCH3 is 1. The summed E-state index contributed by atoms with van der Waals surface area (Å²) in [5, 5.41) is 0.910. The molecule has 0 atom stereocenters. The van der Waals surface area contributed by atoms with Crippen molar-refractivity contribution in [2.24, 2.45) is 9.98 Å². The second kappa shape index (κ2) is 3.79. The minimum atomic E-state index is -0.462. The number of fused-ring (bicyclic) bond motifs is 1. The number of aliphatic imine (C=N–C) groups is 2. The van der Waals surface area contributed by atoms with Gasteiger partial charge in [-0.25, -0.2) is 14.8 Å². The van der Waals surface area contributed by atoms with E-state index in [4.69, 9.17) is 0 Å². The summed E-state index contributed by atoms with van der Waals surface area (Å²) in [4.78, 5) is 19.3. The van der Waals surface area contributed by atoms with E-state index in [1.165, 1.54) is 13.3 Å². The maximum absolute atomic E-state index is 11.1. The predicted molar refractivity (Wildman–Crippen MR) is 56.6 cm³/mol. The second-order valence-electron chi connectivity index (χ2n) is 2.67. The van der Waals surface area contributed by atoms with Crippen molar-refractivity contribution in [3.05, 3.63) is 23.5 Å². The van der Waals surface area contributed by atoms with Crippen LogP contribution in [0.2, 0.25) is 0 Å². The Hall–Kier alpha value is -1.36. The summed E-state index contributed by atoms with van der Waals surface area (Å²) in [7, 11) is 1.32. The van der Waals surface area contributed by atoms with Gasteiger partial charge in [0.15, 0.2) is 5.70 Å². The minimum absolute atomic E-state index is 0.232. The molecular formula is C9H8N2O2S. The molecule has 14 heavy (non-hydrogen) atoms. The van der Waals surface area contributed by atoms with Gasteiger partial charge in [-0.05, 0) is 0 Å². The van der Waals surface area contributed by atoms with E-state index in [-0.39, 0.29) is 5.70 Å². The van der Waals surface area contributed by atoms with Crippen molar-refractivity contribution in [3.63, 3.8) is 0 Å². The first-order valence-electron chi connectivity index (χ1n) is 4.05. The van der Waals surface area contributed by atoms with Crippen LogP contribution in [0, 0.1) is 0 Å². The van der Waals surface area contributed by atoms with Gasteiger partial charge in [-0.3, -0.25) is 0 Å². The van der Waals surface area contributed by atoms with E-state index in [2.05, 4.69) is 14.7 Å². The van der Waals surface area contributed by atoms with Crippen molar-refractivity contribution in [2.75, 3.05) is 12.9 Å². The fourth-order valence-electron chi connectivity index (χ4n) is 1.10. The number of nitrogens with zero attached hydrogens (tertiary/aromatic N) is 2. The zero-order valence-electron chi connectivity index (χ0n) is 7.56. The van der Waals surface area contributed by atoms with Crippen LogP contribution in [0.25, 0.3) is 0 Å². The number of carbonyl (C=O) groups is 1. The molecule has 0 aromatic heterocycles. The fraction of sp³-hybridized carbons (Fsp3) is 0.222. The summed E-state index contributed by atoms with van der Waals surface area (Å²) in [6.07, 6.45) is 5.12. The van der Waals surface area contributed by atoms with Gasteiger partial charge in [-0.1, -0.05) is 6.08 Å². The molecule has 0 N–H and O–H groups in total. The predicted octanol–water partition coefficient (Wildman–Crippen LogP) is 1.16. The summed E-state index contributed by atoms with van der Waals surface area (Å²) in [6, 6.07) is 0. The molecule has 4 nitrogen and oxygen atoms in total. The molecule has 72 valence electrons. The van der Waals surface area contributed by atoms with Crippen LogP contribution in [0.4, 0.5) is 0 Å². The lowest BCUT2D eigenvalue weighted by Gasteiger charge is -1.94. The van der Waals surface area contributed by atoms with Gasteiger partial charge < -0.3 is 4.74 Å². The molecule has 5 heteroatoms. The topological polar surface area (TPSA) is 51.0 Å². The molecule has 0 bridgehead atoms. The quantitative estimate of drug-likeness (QED) is 0.607. The number of esters is 1. The maximum atomic E-state index is 11.1. The van der Waals surface area contributed by atoms with Gasteiger partial charge in [0.05, 0.1) is 13.3 Å². The molecule has 0 aromatic rings. The van der Waals surface area contributed by atoms with Gasteiger partial charge in [0.2, 0.25) is 0 Å². The molecule has 0 saturated heterocycles. The van der Waals surface area contributed by atoms with Crippen molar-refractivity contribution >= 4 is 29.0 Å². The molecule has 0 radical (unpaired) electrons. The van der Waals surface area contributed by atoms with Crippen molar-refractivity contribution < 1.29 is 9.53 Å². The van der Waals surface area contributed by atoms with Crippen LogP contribution in [0.3, 0.4) is 0 Å². The van der Waals surface area contributed by atoms with E-state index < -0.39 is 5.97 Å². The van der Waals surface area contributed by atoms with E-state index in [0.717, 1.165) is 16.4 Å². The van der Waals surface area contributed by atoms with Crippen LogP contribution in [0.15, 0.2) is 33.5 Å². The molecule has 0 amide bonds. The highest BCUT2D eigenvalue weighted by molar-refractivity contribution is 8.15. The molecular weight excluding hydrogens is 200 g/mol. The number of rotatable bonds is 1. The fourth-order valence-corrected chi connectivity index (χ4v) is 1.95. The van der Waals surface area contributed by atoms with Crippen LogP contribution in [0.5, 0.6) is 0 Å². The summed E-state index contributed by atoms with van der Waals surface area (Å²) < 4.78 is 4.55. The molecule has 0 saturated carbocycles. The monoisotopic (exact) mass is 208 g/mol. The number of hydrogen-bond acceptors (Lipinski definition) is 5. The Kier molecular flexibility index (Phi) is 2.49. The minimum Gasteiger partial charge on any atom is -0.464 e. The standard InChI is InChI=1S/C9H8N2O2S/c1-13-9(12)7-5-11-8-6(4-10-7)2-3-14-8/h2,4-5H,3H2,1H3. The van der Waals surface area contributed by atoms with E-state index in [9.17, 15) is 4.79 Å². The third-order valence-electron chi connectivity index (χ3n) is 1.81. The number of carbonyl (C=O) groups excluding carboxylic acids is 1. The first kappa shape index (κ1) is 9.21. The third kappa shape index (κ3) is 1.63. The van der Waals surface area contributed by atoms with Crippen molar-refractivity contribution in [1.29, 1.82) is 0 Å². The Morgan fingerprint density at radius 1 is 1.64 bits per heavy atom. The first-order valence-corrected chi connectivity index (χ1v) is 5.03. The summed E-state index contributed by atoms with van der Waals surface area (Å²) in [6.45, 7) is 0. The maximum Gasteiger partial charge on any atom is 0.358 e. The lowest BCUT2D eigenvalue weighted by atomic mass is 10.3. The van der Waals surface area contributed by atoms with E-state index >= 15 is 0 Å². The third-order valence-corrected chi connectivity index (χ3v) is 2.76. The molecule has 0 aromatic carbocycles. The van der Waals surface area contributed by atoms with Crippen molar-refractivity contribution in [3.8, 4) is 0 Å². The van der Waals surface area contributed by atoms with Crippen LogP contribution < -0.4 is 0 Å². The SMILES string of the molecule is COC(=O)C1=CN=C2SCC=C2C=N1. The van der Waals surface area contributed by atoms with Crippen LogP contribution in [0.1, 0.15) is 0 Å². The Bertz CT molecular complexity index is 394. The Balaban J connectivity index is 2.30. The lowest BCUT2D eigenvalue weighted by Crippen LogP contribution is -2.02. The second-order valence-corrected chi connectivity index (χ2v) is 3.68. The normalized spacial score (nSPS) is 19.1. The van der Waals surface area contributed by atoms with Crippen molar-refractivity contribution in [1.82, 2.24) is 0 Å². The van der Waals surface area contributed by atoms with Crippen LogP contribution in [-0.2, 0) is 9.53 Å².